The molecule has 9 heteroatoms. The van der Waals surface area contributed by atoms with Crippen LogP contribution in [0.5, 0.6) is 5.75 Å². The number of fused-ring (bicyclic) bond motifs is 9. The molecule has 0 unspecified atom stereocenters. The summed E-state index contributed by atoms with van der Waals surface area (Å²) >= 11 is 9.52. The molecular formula is C33H27ClN2O4S2. The summed E-state index contributed by atoms with van der Waals surface area (Å²) in [7, 11) is 0. The summed E-state index contributed by atoms with van der Waals surface area (Å²) in [4.78, 5) is 45.9. The monoisotopic (exact) mass is 614 g/mol. The minimum absolute atomic E-state index is 0.0145. The highest BCUT2D eigenvalue weighted by Gasteiger charge is 2.69. The number of imide groups is 1. The molecule has 42 heavy (non-hydrogen) atoms. The maximum absolute atomic E-state index is 14.0. The van der Waals surface area contributed by atoms with E-state index in [0.717, 1.165) is 38.8 Å². The highest BCUT2D eigenvalue weighted by molar-refractivity contribution is 8.00. The van der Waals surface area contributed by atoms with Crippen LogP contribution >= 0.6 is 34.7 Å². The number of aromatic amines is 1. The smallest absolute Gasteiger partial charge is 0.305 e. The lowest BCUT2D eigenvalue weighted by atomic mass is 9.68. The molecule has 3 fully saturated rings. The minimum atomic E-state index is -0.363. The largest absolute Gasteiger partial charge is 0.489 e. The van der Waals surface area contributed by atoms with Crippen LogP contribution in [-0.4, -0.2) is 22.0 Å². The predicted molar refractivity (Wildman–Crippen MR) is 164 cm³/mol. The standard InChI is InChI=1S/C33H27ClN2O4S2/c1-16-7-10-19(11-8-16)36-31(37)26-21-14-22(27(26)32(36)38)28-25(21)24(29-30(41-28)35-33(39)42-29)20-13-18(34)9-12-23(20)40-15-17-5-3-2-4-6-17/h2-13,21-22,24-28H,14-15H2,1H3,(H,35,39)/t21-,22-,24+,25+,26+,27+,28-/m1/s1. The highest BCUT2D eigenvalue weighted by Crippen LogP contribution is 2.69. The van der Waals surface area contributed by atoms with Gasteiger partial charge in [0.1, 0.15) is 12.4 Å². The molecule has 4 aromatic rings. The number of anilines is 1. The number of nitrogens with zero attached hydrogens (tertiary/aromatic N) is 1. The Morgan fingerprint density at radius 1 is 0.952 bits per heavy atom. The van der Waals surface area contributed by atoms with Crippen molar-refractivity contribution in [2.75, 3.05) is 4.90 Å². The van der Waals surface area contributed by atoms with Crippen LogP contribution in [0.2, 0.25) is 5.02 Å². The number of benzene rings is 3. The Hall–Kier alpha value is -3.33. The summed E-state index contributed by atoms with van der Waals surface area (Å²) in [6.07, 6.45) is 0.827. The van der Waals surface area contributed by atoms with Crippen molar-refractivity contribution in [3.63, 3.8) is 0 Å². The van der Waals surface area contributed by atoms with Gasteiger partial charge in [-0.05, 0) is 67.0 Å². The van der Waals surface area contributed by atoms with E-state index >= 15 is 0 Å². The average Bonchev–Trinajstić information content (AvgIpc) is 3.72. The molecule has 2 amide bonds. The van der Waals surface area contributed by atoms with E-state index in [2.05, 4.69) is 4.98 Å². The van der Waals surface area contributed by atoms with E-state index in [-0.39, 0.29) is 57.4 Å². The third-order valence-corrected chi connectivity index (χ3v) is 12.4. The minimum Gasteiger partial charge on any atom is -0.489 e. The molecular weight excluding hydrogens is 588 g/mol. The molecule has 1 aromatic heterocycles. The van der Waals surface area contributed by atoms with Crippen LogP contribution in [0.25, 0.3) is 0 Å². The first-order valence-corrected chi connectivity index (χ1v) is 16.3. The second kappa shape index (κ2) is 9.86. The van der Waals surface area contributed by atoms with Gasteiger partial charge in [-0.3, -0.25) is 19.3 Å². The Morgan fingerprint density at radius 2 is 1.69 bits per heavy atom. The molecule has 7 atom stereocenters. The Balaban J connectivity index is 1.21. The molecule has 2 aliphatic carbocycles. The molecule has 3 aromatic carbocycles. The van der Waals surface area contributed by atoms with Gasteiger partial charge in [-0.15, -0.1) is 11.8 Å². The van der Waals surface area contributed by atoms with Crippen LogP contribution in [0.4, 0.5) is 5.69 Å². The molecule has 1 N–H and O–H groups in total. The zero-order valence-corrected chi connectivity index (χ0v) is 25.0. The topological polar surface area (TPSA) is 79.5 Å². The summed E-state index contributed by atoms with van der Waals surface area (Å²) in [6.45, 7) is 2.39. The maximum atomic E-state index is 14.0. The fraction of sp³-hybridized carbons (Fsp3) is 0.303. The van der Waals surface area contributed by atoms with Gasteiger partial charge in [0.2, 0.25) is 11.8 Å². The van der Waals surface area contributed by atoms with Gasteiger partial charge in [-0.25, -0.2) is 0 Å². The molecule has 8 rings (SSSR count). The first kappa shape index (κ1) is 26.3. The number of thioether (sulfide) groups is 1. The van der Waals surface area contributed by atoms with Crippen molar-refractivity contribution < 1.29 is 14.3 Å². The predicted octanol–water partition coefficient (Wildman–Crippen LogP) is 6.66. The average molecular weight is 615 g/mol. The first-order valence-electron chi connectivity index (χ1n) is 14.2. The number of H-pyrrole nitrogens is 1. The third-order valence-electron chi connectivity index (χ3n) is 9.56. The van der Waals surface area contributed by atoms with E-state index in [1.807, 2.05) is 79.7 Å². The van der Waals surface area contributed by atoms with Gasteiger partial charge in [0.15, 0.2) is 0 Å². The number of nitrogens with one attached hydrogen (secondary N) is 1. The summed E-state index contributed by atoms with van der Waals surface area (Å²) in [5, 5.41) is 1.55. The van der Waals surface area contributed by atoms with Crippen LogP contribution in [-0.2, 0) is 16.2 Å². The zero-order chi connectivity index (χ0) is 28.7. The van der Waals surface area contributed by atoms with Gasteiger partial charge >= 0.3 is 4.87 Å². The van der Waals surface area contributed by atoms with Crippen LogP contribution in [0.15, 0.2) is 82.6 Å². The Kier molecular flexibility index (Phi) is 6.18. The second-order valence-electron chi connectivity index (χ2n) is 11.8. The van der Waals surface area contributed by atoms with Crippen molar-refractivity contribution in [1.82, 2.24) is 4.98 Å². The maximum Gasteiger partial charge on any atom is 0.305 e. The lowest BCUT2D eigenvalue weighted by Gasteiger charge is -2.43. The van der Waals surface area contributed by atoms with E-state index in [9.17, 15) is 14.4 Å². The van der Waals surface area contributed by atoms with Crippen molar-refractivity contribution in [3.05, 3.63) is 109 Å². The molecule has 212 valence electrons. The van der Waals surface area contributed by atoms with E-state index in [1.165, 1.54) is 16.2 Å². The number of amides is 2. The molecule has 2 bridgehead atoms. The number of halogens is 1. The van der Waals surface area contributed by atoms with Gasteiger partial charge in [0.05, 0.1) is 22.5 Å². The van der Waals surface area contributed by atoms with E-state index in [1.54, 1.807) is 11.8 Å². The molecule has 0 spiro atoms. The Morgan fingerprint density at radius 3 is 2.45 bits per heavy atom. The number of carbonyl (C=O) groups excluding carboxylic acids is 2. The molecule has 6 nitrogen and oxygen atoms in total. The lowest BCUT2D eigenvalue weighted by molar-refractivity contribution is -0.123. The molecule has 4 aliphatic rings. The number of carbonyl (C=O) groups is 2. The number of aryl methyl sites for hydroxylation is 1. The van der Waals surface area contributed by atoms with Crippen molar-refractivity contribution in [3.8, 4) is 5.75 Å². The fourth-order valence-corrected chi connectivity index (χ4v) is 11.0. The second-order valence-corrected chi connectivity index (χ2v) is 14.4. The number of ether oxygens (including phenoxy) is 1. The van der Waals surface area contributed by atoms with E-state index in [0.29, 0.717) is 17.3 Å². The van der Waals surface area contributed by atoms with Crippen molar-refractivity contribution >= 4 is 52.2 Å². The Labute approximate surface area is 256 Å². The molecule has 2 saturated carbocycles. The summed E-state index contributed by atoms with van der Waals surface area (Å²) in [5.74, 6) is -0.204. The summed E-state index contributed by atoms with van der Waals surface area (Å²) in [6, 6.07) is 23.3. The summed E-state index contributed by atoms with van der Waals surface area (Å²) in [5.41, 5.74) is 3.71. The van der Waals surface area contributed by atoms with Crippen molar-refractivity contribution in [1.29, 1.82) is 0 Å². The highest BCUT2D eigenvalue weighted by atomic mass is 35.5. The number of hydrogen-bond acceptors (Lipinski definition) is 6. The number of aromatic nitrogens is 1. The first-order chi connectivity index (χ1) is 20.4. The zero-order valence-electron chi connectivity index (χ0n) is 22.7. The van der Waals surface area contributed by atoms with Crippen molar-refractivity contribution in [2.45, 2.75) is 36.1 Å². The van der Waals surface area contributed by atoms with Gasteiger partial charge in [-0.2, -0.15) is 0 Å². The summed E-state index contributed by atoms with van der Waals surface area (Å²) < 4.78 is 6.41. The Bertz CT molecular complexity index is 1790. The van der Waals surface area contributed by atoms with E-state index in [4.69, 9.17) is 16.3 Å². The molecule has 3 heterocycles. The molecule has 1 saturated heterocycles. The van der Waals surface area contributed by atoms with E-state index < -0.39 is 0 Å². The number of rotatable bonds is 5. The fourth-order valence-electron chi connectivity index (χ4n) is 7.94. The quantitative estimate of drug-likeness (QED) is 0.255. The van der Waals surface area contributed by atoms with Crippen LogP contribution in [0, 0.1) is 36.5 Å². The van der Waals surface area contributed by atoms with Gasteiger partial charge in [-0.1, -0.05) is 71.0 Å². The van der Waals surface area contributed by atoms with Gasteiger partial charge in [0, 0.05) is 26.6 Å². The third kappa shape index (κ3) is 3.95. The van der Waals surface area contributed by atoms with Crippen LogP contribution in [0.3, 0.4) is 0 Å². The normalized spacial score (nSPS) is 29.0. The molecule has 0 radical (unpaired) electrons. The van der Waals surface area contributed by atoms with Crippen LogP contribution in [0.1, 0.15) is 33.9 Å². The lowest BCUT2D eigenvalue weighted by Crippen LogP contribution is -2.42. The SMILES string of the molecule is Cc1ccc(N2C(=O)[C@H]3[C@H]4C[C@@H]([C@@H]3C2=O)[C@H]2[C@H](c3cc(Cl)ccc3OCc3ccccc3)c3sc(=O)[nH]c3S[C@H]42)cc1. The number of thiazole rings is 1. The number of hydrogen-bond donors (Lipinski definition) is 1. The van der Waals surface area contributed by atoms with Crippen molar-refractivity contribution in [2.24, 2.45) is 29.6 Å². The van der Waals surface area contributed by atoms with Gasteiger partial charge in [0.25, 0.3) is 0 Å². The van der Waals surface area contributed by atoms with Gasteiger partial charge < -0.3 is 9.72 Å². The molecule has 2 aliphatic heterocycles. The van der Waals surface area contributed by atoms with Crippen LogP contribution < -0.4 is 14.5 Å².